The van der Waals surface area contributed by atoms with Crippen LogP contribution in [0.25, 0.3) is 0 Å². The summed E-state index contributed by atoms with van der Waals surface area (Å²) in [6.45, 7) is 11.5. The number of nitrogens with zero attached hydrogens (tertiary/aromatic N) is 1. The highest BCUT2D eigenvalue weighted by Gasteiger charge is 2.12. The smallest absolute Gasteiger partial charge is 0.0401 e. The van der Waals surface area contributed by atoms with Gasteiger partial charge in [-0.05, 0) is 30.4 Å². The fourth-order valence-corrected chi connectivity index (χ4v) is 2.31. The highest BCUT2D eigenvalue weighted by atomic mass is 15.1. The van der Waals surface area contributed by atoms with Gasteiger partial charge in [0.25, 0.3) is 0 Å². The maximum atomic E-state index is 2.59. The summed E-state index contributed by atoms with van der Waals surface area (Å²) in [4.78, 5) is 2.59. The van der Waals surface area contributed by atoms with E-state index in [1.807, 2.05) is 0 Å². The third-order valence-corrected chi connectivity index (χ3v) is 3.46. The Kier molecular flexibility index (Phi) is 6.85. The number of hydrogen-bond acceptors (Lipinski definition) is 1. The van der Waals surface area contributed by atoms with Gasteiger partial charge in [-0.15, -0.1) is 0 Å². The van der Waals surface area contributed by atoms with E-state index in [4.69, 9.17) is 0 Å². The Morgan fingerprint density at radius 1 is 0.944 bits per heavy atom. The number of rotatable bonds is 8. The number of unbranched alkanes of at least 4 members (excludes halogenated alkanes) is 2. The summed E-state index contributed by atoms with van der Waals surface area (Å²) in [5.41, 5.74) is 2.94. The Morgan fingerprint density at radius 2 is 1.50 bits per heavy atom. The van der Waals surface area contributed by atoms with Crippen LogP contribution in [0.2, 0.25) is 0 Å². The van der Waals surface area contributed by atoms with Gasteiger partial charge in [0.15, 0.2) is 0 Å². The third kappa shape index (κ3) is 4.36. The molecule has 0 heterocycles. The molecule has 0 saturated carbocycles. The van der Waals surface area contributed by atoms with Crippen LogP contribution < -0.4 is 4.90 Å². The Bertz CT molecular complexity index is 322. The molecule has 1 aromatic rings. The van der Waals surface area contributed by atoms with Crippen molar-refractivity contribution in [3.8, 4) is 0 Å². The molecule has 0 fully saturated rings. The largest absolute Gasteiger partial charge is 0.371 e. The first-order chi connectivity index (χ1) is 8.70. The molecule has 0 spiro atoms. The van der Waals surface area contributed by atoms with E-state index in [9.17, 15) is 0 Å². The van der Waals surface area contributed by atoms with Crippen LogP contribution in [-0.4, -0.2) is 13.1 Å². The van der Waals surface area contributed by atoms with Crippen LogP contribution in [-0.2, 0) is 0 Å². The molecule has 0 radical (unpaired) electrons. The van der Waals surface area contributed by atoms with Gasteiger partial charge in [0.2, 0.25) is 0 Å². The Balaban J connectivity index is 2.88. The molecule has 1 aromatic carbocycles. The van der Waals surface area contributed by atoms with Gasteiger partial charge < -0.3 is 4.90 Å². The van der Waals surface area contributed by atoms with Crippen molar-refractivity contribution >= 4 is 5.69 Å². The number of anilines is 1. The van der Waals surface area contributed by atoms with E-state index >= 15 is 0 Å². The topological polar surface area (TPSA) is 3.24 Å². The highest BCUT2D eigenvalue weighted by molar-refractivity contribution is 5.54. The second kappa shape index (κ2) is 8.18. The summed E-state index contributed by atoms with van der Waals surface area (Å²) in [6, 6.07) is 8.91. The van der Waals surface area contributed by atoms with Crippen molar-refractivity contribution in [3.63, 3.8) is 0 Å². The second-order valence-corrected chi connectivity index (χ2v) is 5.41. The zero-order chi connectivity index (χ0) is 13.4. The standard InChI is InChI=1S/C17H29N/c1-5-7-13-18(14-8-6-2)17-12-10-9-11-16(17)15(3)4/h9-12,15H,5-8,13-14H2,1-4H3. The molecule has 102 valence electrons. The van der Waals surface area contributed by atoms with Crippen molar-refractivity contribution in [2.24, 2.45) is 0 Å². The maximum absolute atomic E-state index is 2.59. The first-order valence-corrected chi connectivity index (χ1v) is 7.54. The summed E-state index contributed by atoms with van der Waals surface area (Å²) in [6.07, 6.45) is 5.12. The molecular weight excluding hydrogens is 218 g/mol. The van der Waals surface area contributed by atoms with Crippen molar-refractivity contribution in [2.45, 2.75) is 59.3 Å². The van der Waals surface area contributed by atoms with Crippen LogP contribution in [0.5, 0.6) is 0 Å². The molecule has 18 heavy (non-hydrogen) atoms. The summed E-state index contributed by atoms with van der Waals surface area (Å²) >= 11 is 0. The average molecular weight is 247 g/mol. The molecule has 1 heteroatoms. The highest BCUT2D eigenvalue weighted by Crippen LogP contribution is 2.27. The SMILES string of the molecule is CCCCN(CCCC)c1ccccc1C(C)C. The van der Waals surface area contributed by atoms with E-state index in [2.05, 4.69) is 56.9 Å². The van der Waals surface area contributed by atoms with Crippen LogP contribution in [0.15, 0.2) is 24.3 Å². The molecule has 0 N–H and O–H groups in total. The monoisotopic (exact) mass is 247 g/mol. The van der Waals surface area contributed by atoms with Crippen LogP contribution in [0.4, 0.5) is 5.69 Å². The lowest BCUT2D eigenvalue weighted by Crippen LogP contribution is -2.26. The molecule has 0 aliphatic heterocycles. The quantitative estimate of drug-likeness (QED) is 0.609. The molecule has 0 aromatic heterocycles. The van der Waals surface area contributed by atoms with Crippen LogP contribution in [0.3, 0.4) is 0 Å². The summed E-state index contributed by atoms with van der Waals surface area (Å²) in [5.74, 6) is 0.604. The molecule has 0 aliphatic rings. The predicted octanol–water partition coefficient (Wildman–Crippen LogP) is 5.22. The van der Waals surface area contributed by atoms with Crippen LogP contribution in [0, 0.1) is 0 Å². The molecule has 0 aliphatic carbocycles. The van der Waals surface area contributed by atoms with E-state index in [0.717, 1.165) is 0 Å². The first kappa shape index (κ1) is 15.1. The lowest BCUT2D eigenvalue weighted by atomic mass is 10.00. The maximum Gasteiger partial charge on any atom is 0.0401 e. The van der Waals surface area contributed by atoms with Crippen molar-refractivity contribution < 1.29 is 0 Å². The van der Waals surface area contributed by atoms with Gasteiger partial charge in [-0.2, -0.15) is 0 Å². The minimum atomic E-state index is 0.604. The zero-order valence-electron chi connectivity index (χ0n) is 12.6. The molecular formula is C17H29N. The number of hydrogen-bond donors (Lipinski definition) is 0. The van der Waals surface area contributed by atoms with E-state index in [0.29, 0.717) is 5.92 Å². The molecule has 0 bridgehead atoms. The summed E-state index contributed by atoms with van der Waals surface area (Å²) < 4.78 is 0. The Hall–Kier alpha value is -0.980. The van der Waals surface area contributed by atoms with Crippen molar-refractivity contribution in [2.75, 3.05) is 18.0 Å². The van der Waals surface area contributed by atoms with E-state index < -0.39 is 0 Å². The van der Waals surface area contributed by atoms with E-state index in [-0.39, 0.29) is 0 Å². The van der Waals surface area contributed by atoms with Gasteiger partial charge in [0.1, 0.15) is 0 Å². The molecule has 0 amide bonds. The lowest BCUT2D eigenvalue weighted by molar-refractivity contribution is 0.672. The number of para-hydroxylation sites is 1. The molecule has 1 rings (SSSR count). The second-order valence-electron chi connectivity index (χ2n) is 5.41. The van der Waals surface area contributed by atoms with Crippen molar-refractivity contribution in [1.29, 1.82) is 0 Å². The van der Waals surface area contributed by atoms with Gasteiger partial charge in [-0.1, -0.05) is 58.7 Å². The molecule has 1 nitrogen and oxygen atoms in total. The lowest BCUT2D eigenvalue weighted by Gasteiger charge is -2.28. The first-order valence-electron chi connectivity index (χ1n) is 7.54. The van der Waals surface area contributed by atoms with Gasteiger partial charge >= 0.3 is 0 Å². The van der Waals surface area contributed by atoms with Crippen LogP contribution in [0.1, 0.15) is 64.9 Å². The zero-order valence-corrected chi connectivity index (χ0v) is 12.6. The summed E-state index contributed by atoms with van der Waals surface area (Å²) in [5, 5.41) is 0. The fraction of sp³-hybridized carbons (Fsp3) is 0.647. The predicted molar refractivity (Wildman–Crippen MR) is 82.6 cm³/mol. The van der Waals surface area contributed by atoms with E-state index in [1.165, 1.54) is 50.0 Å². The van der Waals surface area contributed by atoms with Crippen LogP contribution >= 0.6 is 0 Å². The van der Waals surface area contributed by atoms with Crippen molar-refractivity contribution in [1.82, 2.24) is 0 Å². The Morgan fingerprint density at radius 3 is 2.00 bits per heavy atom. The molecule has 0 saturated heterocycles. The van der Waals surface area contributed by atoms with Gasteiger partial charge in [0.05, 0.1) is 0 Å². The summed E-state index contributed by atoms with van der Waals surface area (Å²) in [7, 11) is 0. The number of benzene rings is 1. The van der Waals surface area contributed by atoms with Crippen molar-refractivity contribution in [3.05, 3.63) is 29.8 Å². The van der Waals surface area contributed by atoms with Gasteiger partial charge in [-0.25, -0.2) is 0 Å². The molecule has 0 unspecified atom stereocenters. The van der Waals surface area contributed by atoms with Gasteiger partial charge in [0, 0.05) is 18.8 Å². The minimum absolute atomic E-state index is 0.604. The Labute approximate surface area is 113 Å². The molecule has 0 atom stereocenters. The fourth-order valence-electron chi connectivity index (χ4n) is 2.31. The third-order valence-electron chi connectivity index (χ3n) is 3.46. The van der Waals surface area contributed by atoms with E-state index in [1.54, 1.807) is 0 Å². The minimum Gasteiger partial charge on any atom is -0.371 e. The average Bonchev–Trinajstić information content (AvgIpc) is 2.39. The normalized spacial score (nSPS) is 10.9. The van der Waals surface area contributed by atoms with Gasteiger partial charge in [-0.3, -0.25) is 0 Å².